The molecule has 0 rings (SSSR count). The Labute approximate surface area is 154 Å². The lowest BCUT2D eigenvalue weighted by Gasteiger charge is -2.38. The summed E-state index contributed by atoms with van der Waals surface area (Å²) < 4.78 is 1.38. The Hall–Kier alpha value is -1.40. The van der Waals surface area contributed by atoms with Crippen molar-refractivity contribution in [2.24, 2.45) is 0 Å². The molecule has 0 amide bonds. The van der Waals surface area contributed by atoms with Gasteiger partial charge in [-0.1, -0.05) is 34.6 Å². The highest BCUT2D eigenvalue weighted by Crippen LogP contribution is 2.12. The molecule has 6 heteroatoms. The van der Waals surface area contributed by atoms with Crippen LogP contribution < -0.4 is 15.9 Å². The van der Waals surface area contributed by atoms with Gasteiger partial charge in [-0.25, -0.2) is 0 Å². The van der Waals surface area contributed by atoms with Crippen LogP contribution in [0.3, 0.4) is 0 Å². The first kappa shape index (κ1) is 28.4. The maximum absolute atomic E-state index is 9.41. The SMILES string of the molecule is CCC[N+](CCC)(CCC)CCC.CCC[NH3+].O=C([O-])/C=C/C(=O)[O-]. The number of quaternary nitrogens is 2. The van der Waals surface area contributed by atoms with Crippen molar-refractivity contribution in [3.8, 4) is 0 Å². The fraction of sp³-hybridized carbons (Fsp3) is 0.789. The van der Waals surface area contributed by atoms with E-state index in [1.165, 1.54) is 62.8 Å². The second-order valence-electron chi connectivity index (χ2n) is 6.06. The number of rotatable bonds is 11. The second kappa shape index (κ2) is 20.6. The summed E-state index contributed by atoms with van der Waals surface area (Å²) in [4.78, 5) is 18.8. The molecule has 0 bridgehead atoms. The maximum Gasteiger partial charge on any atom is 0.0783 e. The van der Waals surface area contributed by atoms with E-state index in [-0.39, 0.29) is 0 Å². The zero-order chi connectivity index (χ0) is 20.1. The summed E-state index contributed by atoms with van der Waals surface area (Å²) >= 11 is 0. The molecule has 0 spiro atoms. The molecule has 0 saturated heterocycles. The molecule has 0 saturated carbocycles. The van der Waals surface area contributed by atoms with Gasteiger partial charge in [0, 0.05) is 0 Å². The Kier molecular flexibility index (Phi) is 23.5. The monoisotopic (exact) mass is 360 g/mol. The van der Waals surface area contributed by atoms with Crippen molar-refractivity contribution in [1.82, 2.24) is 0 Å². The Morgan fingerprint density at radius 1 is 0.720 bits per heavy atom. The van der Waals surface area contributed by atoms with Gasteiger partial charge in [-0.3, -0.25) is 0 Å². The summed E-state index contributed by atoms with van der Waals surface area (Å²) in [7, 11) is 0. The molecule has 0 unspecified atom stereocenters. The van der Waals surface area contributed by atoms with Crippen LogP contribution in [0.15, 0.2) is 12.2 Å². The third kappa shape index (κ3) is 22.6. The fourth-order valence-corrected chi connectivity index (χ4v) is 2.70. The molecule has 0 aliphatic carbocycles. The van der Waals surface area contributed by atoms with Crippen LogP contribution in [0.1, 0.15) is 66.7 Å². The summed E-state index contributed by atoms with van der Waals surface area (Å²) in [5.74, 6) is -3.09. The lowest BCUT2D eigenvalue weighted by atomic mass is 10.2. The standard InChI is InChI=1S/C12H28N.C4H4O4.C3H9N/c1-5-9-13(10-6-2,11-7-3)12-8-4;5-3(6)1-2-4(7)8;1-2-3-4/h5-12H2,1-4H3;1-2H,(H,5,6)(H,7,8);2-4H2,1H3/q+1;;/p-1/b;2-1+;. The van der Waals surface area contributed by atoms with E-state index in [4.69, 9.17) is 0 Å². The van der Waals surface area contributed by atoms with Crippen LogP contribution in [-0.2, 0) is 9.59 Å². The maximum atomic E-state index is 9.41. The summed E-state index contributed by atoms with van der Waals surface area (Å²) in [5, 5.41) is 18.8. The minimum Gasteiger partial charge on any atom is -0.545 e. The van der Waals surface area contributed by atoms with Crippen LogP contribution in [0.25, 0.3) is 0 Å². The Morgan fingerprint density at radius 2 is 0.960 bits per heavy atom. The van der Waals surface area contributed by atoms with Gasteiger partial charge >= 0.3 is 0 Å². The van der Waals surface area contributed by atoms with Crippen LogP contribution in [0.4, 0.5) is 0 Å². The second-order valence-corrected chi connectivity index (χ2v) is 6.06. The number of aliphatic carboxylic acids is 2. The summed E-state index contributed by atoms with van der Waals surface area (Å²) in [6, 6.07) is 0. The van der Waals surface area contributed by atoms with Crippen molar-refractivity contribution in [2.75, 3.05) is 32.7 Å². The quantitative estimate of drug-likeness (QED) is 0.417. The van der Waals surface area contributed by atoms with Gasteiger partial charge < -0.3 is 30.0 Å². The van der Waals surface area contributed by atoms with Gasteiger partial charge in [0.2, 0.25) is 0 Å². The molecule has 0 aromatic heterocycles. The van der Waals surface area contributed by atoms with E-state index in [1.807, 2.05) is 0 Å². The number of carboxylic acid groups (broad SMARTS) is 2. The van der Waals surface area contributed by atoms with Crippen molar-refractivity contribution in [1.29, 1.82) is 0 Å². The first-order chi connectivity index (χ1) is 11.8. The Bertz CT molecular complexity index is 297. The molecular weight excluding hydrogens is 320 g/mol. The molecular formula is C19H40N2O4. The first-order valence-electron chi connectivity index (χ1n) is 9.53. The third-order valence-corrected chi connectivity index (χ3v) is 3.50. The van der Waals surface area contributed by atoms with Crippen LogP contribution in [0.5, 0.6) is 0 Å². The summed E-state index contributed by atoms with van der Waals surface area (Å²) in [6.45, 7) is 18.0. The predicted octanol–water partition coefficient (Wildman–Crippen LogP) is 0.124. The van der Waals surface area contributed by atoms with E-state index >= 15 is 0 Å². The highest BCUT2D eigenvalue weighted by Gasteiger charge is 2.22. The molecule has 150 valence electrons. The lowest BCUT2D eigenvalue weighted by molar-refractivity contribution is -0.928. The number of hydrogen-bond donors (Lipinski definition) is 1. The summed E-state index contributed by atoms with van der Waals surface area (Å²) in [5.41, 5.74) is 3.60. The minimum absolute atomic E-state index is 0.384. The largest absolute Gasteiger partial charge is 0.545 e. The van der Waals surface area contributed by atoms with Crippen LogP contribution in [-0.4, -0.2) is 49.1 Å². The first-order valence-corrected chi connectivity index (χ1v) is 9.53. The zero-order valence-electron chi connectivity index (χ0n) is 17.0. The van der Waals surface area contributed by atoms with Gasteiger partial charge in [-0.2, -0.15) is 0 Å². The number of carbonyl (C=O) groups is 2. The van der Waals surface area contributed by atoms with E-state index in [2.05, 4.69) is 40.4 Å². The van der Waals surface area contributed by atoms with E-state index in [0.717, 1.165) is 6.54 Å². The molecule has 0 atom stereocenters. The highest BCUT2D eigenvalue weighted by molar-refractivity contribution is 5.87. The van der Waals surface area contributed by atoms with E-state index in [0.29, 0.717) is 12.2 Å². The Morgan fingerprint density at radius 3 is 1.08 bits per heavy atom. The van der Waals surface area contributed by atoms with Crippen molar-refractivity contribution in [2.45, 2.75) is 66.7 Å². The van der Waals surface area contributed by atoms with Crippen molar-refractivity contribution in [3.63, 3.8) is 0 Å². The molecule has 0 aromatic rings. The van der Waals surface area contributed by atoms with Crippen LogP contribution >= 0.6 is 0 Å². The predicted molar refractivity (Wildman–Crippen MR) is 98.1 cm³/mol. The number of nitrogens with zero attached hydrogens (tertiary/aromatic N) is 1. The normalized spacial score (nSPS) is 10.5. The molecule has 0 fully saturated rings. The smallest absolute Gasteiger partial charge is 0.0783 e. The van der Waals surface area contributed by atoms with Gasteiger partial charge in [0.1, 0.15) is 0 Å². The van der Waals surface area contributed by atoms with E-state index in [1.54, 1.807) is 0 Å². The third-order valence-electron chi connectivity index (χ3n) is 3.50. The molecule has 3 N–H and O–H groups in total. The molecule has 6 nitrogen and oxygen atoms in total. The van der Waals surface area contributed by atoms with Crippen LogP contribution in [0.2, 0.25) is 0 Å². The van der Waals surface area contributed by atoms with Gasteiger partial charge in [0.25, 0.3) is 0 Å². The van der Waals surface area contributed by atoms with Gasteiger partial charge in [-0.05, 0) is 44.3 Å². The molecule has 0 aliphatic heterocycles. The average molecular weight is 361 g/mol. The number of carbonyl (C=O) groups excluding carboxylic acids is 2. The van der Waals surface area contributed by atoms with Crippen molar-refractivity contribution >= 4 is 11.9 Å². The highest BCUT2D eigenvalue weighted by atomic mass is 16.4. The molecule has 0 heterocycles. The van der Waals surface area contributed by atoms with Crippen molar-refractivity contribution in [3.05, 3.63) is 12.2 Å². The number of carboxylic acids is 2. The van der Waals surface area contributed by atoms with Crippen molar-refractivity contribution < 1.29 is 30.0 Å². The topological polar surface area (TPSA) is 108 Å². The number of hydrogen-bond acceptors (Lipinski definition) is 4. The molecule has 0 aromatic carbocycles. The van der Waals surface area contributed by atoms with Gasteiger partial charge in [-0.15, -0.1) is 0 Å². The van der Waals surface area contributed by atoms with E-state index < -0.39 is 11.9 Å². The summed E-state index contributed by atoms with van der Waals surface area (Å²) in [6.07, 6.45) is 7.31. The zero-order valence-corrected chi connectivity index (χ0v) is 17.0. The molecule has 25 heavy (non-hydrogen) atoms. The fourth-order valence-electron chi connectivity index (χ4n) is 2.70. The van der Waals surface area contributed by atoms with Gasteiger partial charge in [0.15, 0.2) is 0 Å². The van der Waals surface area contributed by atoms with Crippen LogP contribution in [0, 0.1) is 0 Å². The lowest BCUT2D eigenvalue weighted by Crippen LogP contribution is -2.50. The van der Waals surface area contributed by atoms with Gasteiger partial charge in [0.05, 0.1) is 44.7 Å². The molecule has 0 aliphatic rings. The average Bonchev–Trinajstić information content (AvgIpc) is 2.55. The Balaban J connectivity index is -0.000000342. The molecule has 0 radical (unpaired) electrons. The minimum atomic E-state index is -1.55. The van der Waals surface area contributed by atoms with E-state index in [9.17, 15) is 19.8 Å².